The van der Waals surface area contributed by atoms with Gasteiger partial charge in [0.1, 0.15) is 22.3 Å². The van der Waals surface area contributed by atoms with Crippen LogP contribution in [-0.2, 0) is 0 Å². The van der Waals surface area contributed by atoms with Gasteiger partial charge in [0.05, 0.1) is 5.39 Å². The fraction of sp³-hybridized carbons (Fsp3) is 0. The van der Waals surface area contributed by atoms with E-state index in [1.165, 1.54) is 87.6 Å². The monoisotopic (exact) mass is 838 g/mol. The van der Waals surface area contributed by atoms with Gasteiger partial charge in [-0.25, -0.2) is 0 Å². The maximum absolute atomic E-state index is 6.83. The van der Waals surface area contributed by atoms with E-state index in [4.69, 9.17) is 8.83 Å². The topological polar surface area (TPSA) is 26.3 Å². The van der Waals surface area contributed by atoms with E-state index < -0.39 is 0 Å². The molecule has 0 saturated heterocycles. The molecule has 0 fully saturated rings. The van der Waals surface area contributed by atoms with Crippen molar-refractivity contribution in [3.05, 3.63) is 231 Å². The van der Waals surface area contributed by atoms with Crippen molar-refractivity contribution in [1.29, 1.82) is 0 Å². The van der Waals surface area contributed by atoms with Crippen molar-refractivity contribution < 1.29 is 8.83 Å². The van der Waals surface area contributed by atoms with Crippen LogP contribution in [0.15, 0.2) is 239 Å². The van der Waals surface area contributed by atoms with Gasteiger partial charge < -0.3 is 8.83 Å². The van der Waals surface area contributed by atoms with Crippen molar-refractivity contribution in [3.63, 3.8) is 0 Å². The predicted molar refractivity (Wildman–Crippen MR) is 278 cm³/mol. The zero-order valence-electron chi connectivity index (χ0n) is 35.8. The lowest BCUT2D eigenvalue weighted by Crippen LogP contribution is -1.92. The Morgan fingerprint density at radius 1 is 0.227 bits per heavy atom. The molecule has 0 unspecified atom stereocenters. The SMILES string of the molecule is c1ccc2cc(-c3ccc(-c4c5ccccc5c(-c5ccc(-c6ccc7ccccc7c6)cc5)c5cc(-c6cc7c8ccccc8oc7c7c6oc6ccccc67)ccc45)cc3)ccc2c1. The van der Waals surface area contributed by atoms with Crippen LogP contribution in [0, 0.1) is 0 Å². The van der Waals surface area contributed by atoms with Gasteiger partial charge >= 0.3 is 0 Å². The number of fused-ring (bicyclic) bond motifs is 11. The zero-order chi connectivity index (χ0) is 43.3. The van der Waals surface area contributed by atoms with Crippen molar-refractivity contribution in [2.75, 3.05) is 0 Å². The molecule has 14 aromatic rings. The Bertz CT molecular complexity index is 4260. The van der Waals surface area contributed by atoms with E-state index in [9.17, 15) is 0 Å². The lowest BCUT2D eigenvalue weighted by atomic mass is 9.84. The van der Waals surface area contributed by atoms with Crippen molar-refractivity contribution in [2.24, 2.45) is 0 Å². The summed E-state index contributed by atoms with van der Waals surface area (Å²) in [7, 11) is 0. The Balaban J connectivity index is 1.01. The second-order valence-electron chi connectivity index (χ2n) is 17.5. The van der Waals surface area contributed by atoms with E-state index in [2.05, 4.69) is 218 Å². The van der Waals surface area contributed by atoms with Crippen LogP contribution in [0.25, 0.3) is 143 Å². The van der Waals surface area contributed by atoms with E-state index in [0.717, 1.165) is 55.0 Å². The molecule has 14 rings (SSSR count). The van der Waals surface area contributed by atoms with Crippen LogP contribution >= 0.6 is 0 Å². The Labute approximate surface area is 380 Å². The number of para-hydroxylation sites is 2. The molecule has 0 atom stereocenters. The zero-order valence-corrected chi connectivity index (χ0v) is 35.8. The van der Waals surface area contributed by atoms with E-state index in [1.54, 1.807) is 0 Å². The third-order valence-corrected chi connectivity index (χ3v) is 13.8. The third-order valence-electron chi connectivity index (χ3n) is 13.8. The molecule has 0 spiro atoms. The average molecular weight is 839 g/mol. The molecular weight excluding hydrogens is 801 g/mol. The number of benzene rings is 12. The summed E-state index contributed by atoms with van der Waals surface area (Å²) in [6, 6.07) is 83.8. The molecule has 2 nitrogen and oxygen atoms in total. The number of hydrogen-bond acceptors (Lipinski definition) is 2. The summed E-state index contributed by atoms with van der Waals surface area (Å²) in [5.74, 6) is 0. The van der Waals surface area contributed by atoms with Crippen LogP contribution in [0.3, 0.4) is 0 Å². The maximum Gasteiger partial charge on any atom is 0.147 e. The highest BCUT2D eigenvalue weighted by molar-refractivity contribution is 6.26. The fourth-order valence-corrected chi connectivity index (χ4v) is 10.6. The Hall–Kier alpha value is -8.72. The molecule has 0 amide bonds. The molecule has 0 radical (unpaired) electrons. The van der Waals surface area contributed by atoms with Crippen LogP contribution in [0.4, 0.5) is 0 Å². The van der Waals surface area contributed by atoms with Gasteiger partial charge in [-0.3, -0.25) is 0 Å². The molecule has 12 aromatic carbocycles. The minimum absolute atomic E-state index is 0.827. The predicted octanol–water partition coefficient (Wildman–Crippen LogP) is 18.4. The number of furan rings is 2. The molecule has 2 heterocycles. The van der Waals surface area contributed by atoms with Gasteiger partial charge in [-0.15, -0.1) is 0 Å². The quantitative estimate of drug-likeness (QED) is 0.161. The van der Waals surface area contributed by atoms with Crippen molar-refractivity contribution in [3.8, 4) is 55.6 Å². The van der Waals surface area contributed by atoms with Crippen molar-refractivity contribution in [2.45, 2.75) is 0 Å². The first-order chi connectivity index (χ1) is 32.7. The number of rotatable bonds is 5. The second kappa shape index (κ2) is 14.4. The molecule has 0 N–H and O–H groups in total. The highest BCUT2D eigenvalue weighted by Crippen LogP contribution is 2.48. The maximum atomic E-state index is 6.83. The largest absolute Gasteiger partial charge is 0.455 e. The van der Waals surface area contributed by atoms with E-state index in [1.807, 2.05) is 12.1 Å². The van der Waals surface area contributed by atoms with Crippen LogP contribution in [0.2, 0.25) is 0 Å². The van der Waals surface area contributed by atoms with E-state index >= 15 is 0 Å². The second-order valence-corrected chi connectivity index (χ2v) is 17.5. The summed E-state index contributed by atoms with van der Waals surface area (Å²) in [5.41, 5.74) is 15.1. The average Bonchev–Trinajstić information content (AvgIpc) is 3.96. The van der Waals surface area contributed by atoms with Gasteiger partial charge in [-0.2, -0.15) is 0 Å². The molecule has 0 bridgehead atoms. The molecule has 66 heavy (non-hydrogen) atoms. The summed E-state index contributed by atoms with van der Waals surface area (Å²) in [6.07, 6.45) is 0. The molecule has 306 valence electrons. The van der Waals surface area contributed by atoms with Gasteiger partial charge in [0.15, 0.2) is 0 Å². The Morgan fingerprint density at radius 2 is 0.652 bits per heavy atom. The standard InChI is InChI=1S/C64H38O2/c1-3-13-45-35-47(31-25-39(45)11-1)41-21-27-43(28-22-41)60-51-16-5-6-17-52(51)61(44-29-23-42(24-30-44)48-32-26-40-12-2-4-14-46(40)36-48)56-37-49(33-34-53(56)60)55-38-57-50-15-7-9-19-58(50)65-64(57)62-54-18-8-10-20-59(54)66-63(55)62/h1-38H. The molecule has 0 aliphatic rings. The summed E-state index contributed by atoms with van der Waals surface area (Å²) in [4.78, 5) is 0. The Kier molecular flexibility index (Phi) is 8.02. The highest BCUT2D eigenvalue weighted by Gasteiger charge is 2.23. The summed E-state index contributed by atoms with van der Waals surface area (Å²) in [6.45, 7) is 0. The van der Waals surface area contributed by atoms with Crippen molar-refractivity contribution in [1.82, 2.24) is 0 Å². The molecule has 0 aliphatic heterocycles. The number of hydrogen-bond donors (Lipinski definition) is 0. The van der Waals surface area contributed by atoms with Crippen LogP contribution in [0.1, 0.15) is 0 Å². The summed E-state index contributed by atoms with van der Waals surface area (Å²) < 4.78 is 13.5. The van der Waals surface area contributed by atoms with Gasteiger partial charge in [0.2, 0.25) is 0 Å². The fourth-order valence-electron chi connectivity index (χ4n) is 10.6. The van der Waals surface area contributed by atoms with Gasteiger partial charge in [0, 0.05) is 21.7 Å². The molecule has 0 saturated carbocycles. The van der Waals surface area contributed by atoms with E-state index in [-0.39, 0.29) is 0 Å². The van der Waals surface area contributed by atoms with Crippen LogP contribution in [0.5, 0.6) is 0 Å². The first-order valence-electron chi connectivity index (χ1n) is 22.6. The summed E-state index contributed by atoms with van der Waals surface area (Å²) >= 11 is 0. The van der Waals surface area contributed by atoms with Crippen molar-refractivity contribution >= 4 is 87.0 Å². The molecule has 2 heteroatoms. The Morgan fingerprint density at radius 3 is 1.26 bits per heavy atom. The third kappa shape index (κ3) is 5.68. The van der Waals surface area contributed by atoms with Gasteiger partial charge in [-0.05, 0) is 130 Å². The minimum atomic E-state index is 0.827. The summed E-state index contributed by atoms with van der Waals surface area (Å²) in [5, 5.41) is 14.0. The normalized spacial score (nSPS) is 11.9. The smallest absolute Gasteiger partial charge is 0.147 e. The lowest BCUT2D eigenvalue weighted by Gasteiger charge is -2.19. The van der Waals surface area contributed by atoms with Gasteiger partial charge in [-0.1, -0.05) is 194 Å². The van der Waals surface area contributed by atoms with Crippen LogP contribution in [-0.4, -0.2) is 0 Å². The lowest BCUT2D eigenvalue weighted by molar-refractivity contribution is 0.663. The molecule has 2 aromatic heterocycles. The molecular formula is C64H38O2. The van der Waals surface area contributed by atoms with E-state index in [0.29, 0.717) is 0 Å². The van der Waals surface area contributed by atoms with Gasteiger partial charge in [0.25, 0.3) is 0 Å². The minimum Gasteiger partial charge on any atom is -0.455 e. The first kappa shape index (κ1) is 36.7. The first-order valence-corrected chi connectivity index (χ1v) is 22.6. The van der Waals surface area contributed by atoms with Crippen LogP contribution < -0.4 is 0 Å². The highest BCUT2D eigenvalue weighted by atomic mass is 16.3. The molecule has 0 aliphatic carbocycles.